The molecule has 150 valence electrons. The van der Waals surface area contributed by atoms with Gasteiger partial charge < -0.3 is 18.6 Å². The third-order valence-electron chi connectivity index (χ3n) is 7.83. The molecule has 4 aliphatic rings. The van der Waals surface area contributed by atoms with Gasteiger partial charge in [0.05, 0.1) is 30.5 Å². The van der Waals surface area contributed by atoms with Gasteiger partial charge in [-0.25, -0.2) is 0 Å². The molecule has 1 aromatic rings. The predicted molar refractivity (Wildman–Crippen MR) is 93.5 cm³/mol. The molecule has 0 aromatic carbocycles. The molecule has 7 heteroatoms. The first-order valence-corrected chi connectivity index (χ1v) is 9.94. The van der Waals surface area contributed by atoms with Crippen LogP contribution in [0, 0.1) is 28.6 Å². The predicted octanol–water partition coefficient (Wildman–Crippen LogP) is 2.79. The number of hydrogen-bond acceptors (Lipinski definition) is 7. The monoisotopic (exact) mass is 388 g/mol. The zero-order valence-electron chi connectivity index (χ0n) is 16.0. The van der Waals surface area contributed by atoms with E-state index >= 15 is 0 Å². The largest absolute Gasteiger partial charge is 0.472 e. The molecule has 2 saturated carbocycles. The molecule has 2 bridgehead atoms. The van der Waals surface area contributed by atoms with Crippen LogP contribution in [0.1, 0.15) is 50.7 Å². The second-order valence-electron chi connectivity index (χ2n) is 8.90. The van der Waals surface area contributed by atoms with E-state index in [-0.39, 0.29) is 29.7 Å². The van der Waals surface area contributed by atoms with Crippen molar-refractivity contribution in [2.45, 2.75) is 51.2 Å². The zero-order valence-corrected chi connectivity index (χ0v) is 16.0. The minimum absolute atomic E-state index is 0.0581. The van der Waals surface area contributed by atoms with Crippen molar-refractivity contribution in [2.24, 2.45) is 28.6 Å². The minimum atomic E-state index is -0.944. The Bertz CT molecular complexity index is 830. The molecule has 0 radical (unpaired) electrons. The second-order valence-corrected chi connectivity index (χ2v) is 8.90. The Balaban J connectivity index is 1.60. The highest BCUT2D eigenvalue weighted by molar-refractivity contribution is 5.91. The fourth-order valence-corrected chi connectivity index (χ4v) is 6.57. The van der Waals surface area contributed by atoms with E-state index in [1.807, 2.05) is 6.92 Å². The van der Waals surface area contributed by atoms with Gasteiger partial charge in [0.15, 0.2) is 0 Å². The first-order chi connectivity index (χ1) is 13.4. The number of furan rings is 1. The van der Waals surface area contributed by atoms with E-state index in [2.05, 4.69) is 0 Å². The number of carbonyl (C=O) groups is 3. The number of esters is 3. The van der Waals surface area contributed by atoms with E-state index in [4.69, 9.17) is 18.6 Å². The van der Waals surface area contributed by atoms with Crippen LogP contribution >= 0.6 is 0 Å². The normalized spacial score (nSPS) is 44.1. The zero-order chi connectivity index (χ0) is 19.7. The van der Waals surface area contributed by atoms with Crippen LogP contribution in [0.25, 0.3) is 0 Å². The van der Waals surface area contributed by atoms with E-state index in [1.54, 1.807) is 12.3 Å². The highest BCUT2D eigenvalue weighted by Crippen LogP contribution is 2.67. The number of ether oxygens (including phenoxy) is 3. The van der Waals surface area contributed by atoms with Crippen molar-refractivity contribution in [1.29, 1.82) is 0 Å². The summed E-state index contributed by atoms with van der Waals surface area (Å²) in [7, 11) is 1.41. The molecule has 5 rings (SSSR count). The van der Waals surface area contributed by atoms with Crippen molar-refractivity contribution in [3.8, 4) is 0 Å². The lowest BCUT2D eigenvalue weighted by atomic mass is 9.46. The fourth-order valence-electron chi connectivity index (χ4n) is 6.57. The molecule has 0 spiro atoms. The average molecular weight is 388 g/mol. The Hall–Kier alpha value is -2.31. The molecular weight excluding hydrogens is 364 g/mol. The minimum Gasteiger partial charge on any atom is -0.472 e. The van der Waals surface area contributed by atoms with Gasteiger partial charge in [-0.2, -0.15) is 0 Å². The maximum atomic E-state index is 13.2. The van der Waals surface area contributed by atoms with Gasteiger partial charge in [0.25, 0.3) is 0 Å². The lowest BCUT2D eigenvalue weighted by molar-refractivity contribution is -0.196. The highest BCUT2D eigenvalue weighted by Gasteiger charge is 2.74. The van der Waals surface area contributed by atoms with Crippen LogP contribution in [0.4, 0.5) is 0 Å². The van der Waals surface area contributed by atoms with E-state index < -0.39 is 29.0 Å². The number of rotatable bonds is 2. The van der Waals surface area contributed by atoms with Crippen LogP contribution in [0.3, 0.4) is 0 Å². The summed E-state index contributed by atoms with van der Waals surface area (Å²) in [5, 5.41) is 0. The van der Waals surface area contributed by atoms with Crippen LogP contribution in [0.15, 0.2) is 23.0 Å². The van der Waals surface area contributed by atoms with E-state index in [0.717, 1.165) is 24.8 Å². The van der Waals surface area contributed by atoms with Crippen molar-refractivity contribution >= 4 is 17.9 Å². The highest BCUT2D eigenvalue weighted by atomic mass is 16.6. The first-order valence-electron chi connectivity index (χ1n) is 9.94. The fraction of sp³-hybridized carbons (Fsp3) is 0.667. The quantitative estimate of drug-likeness (QED) is 0.568. The summed E-state index contributed by atoms with van der Waals surface area (Å²) < 4.78 is 21.7. The number of hydrogen-bond donors (Lipinski definition) is 0. The van der Waals surface area contributed by atoms with Gasteiger partial charge in [-0.05, 0) is 44.1 Å². The smallest absolute Gasteiger partial charge is 0.314 e. The molecule has 0 N–H and O–H groups in total. The number of fused-ring (bicyclic) bond motifs is 1. The Labute approximate surface area is 162 Å². The topological polar surface area (TPSA) is 92.0 Å². The van der Waals surface area contributed by atoms with Gasteiger partial charge in [0, 0.05) is 12.0 Å². The molecule has 7 atom stereocenters. The summed E-state index contributed by atoms with van der Waals surface area (Å²) in [4.78, 5) is 38.9. The van der Waals surface area contributed by atoms with Crippen LogP contribution in [0.2, 0.25) is 0 Å². The lowest BCUT2D eigenvalue weighted by Gasteiger charge is -2.55. The Kier molecular flexibility index (Phi) is 3.71. The maximum absolute atomic E-state index is 13.2. The summed E-state index contributed by atoms with van der Waals surface area (Å²) in [6.07, 6.45) is 5.20. The van der Waals surface area contributed by atoms with Crippen molar-refractivity contribution < 1.29 is 33.0 Å². The third-order valence-corrected chi connectivity index (χ3v) is 7.83. The molecule has 1 aromatic heterocycles. The Morgan fingerprint density at radius 1 is 1.25 bits per heavy atom. The second kappa shape index (κ2) is 5.84. The molecule has 7 nitrogen and oxygen atoms in total. The van der Waals surface area contributed by atoms with Crippen LogP contribution in [0.5, 0.6) is 0 Å². The van der Waals surface area contributed by atoms with Gasteiger partial charge in [-0.3, -0.25) is 14.4 Å². The standard InChI is InChI=1S/C21H24O7/c1-20(18(23)25-2)6-3-4-12-13(20)8-14-16-17(22)27-15(11-5-7-26-10-11)9-21(12,16)19(24)28-14/h5,7,10,12-16H,3-4,6,8-9H2,1-2H3/t12-,13-,14+,15+,16-,20+,21+/m1/s1. The maximum Gasteiger partial charge on any atom is 0.314 e. The van der Waals surface area contributed by atoms with Gasteiger partial charge in [-0.1, -0.05) is 6.42 Å². The number of cyclic esters (lactones) is 1. The van der Waals surface area contributed by atoms with E-state index in [9.17, 15) is 14.4 Å². The van der Waals surface area contributed by atoms with Crippen LogP contribution < -0.4 is 0 Å². The summed E-state index contributed by atoms with van der Waals surface area (Å²) in [6, 6.07) is 1.76. The van der Waals surface area contributed by atoms with Gasteiger partial charge >= 0.3 is 17.9 Å². The molecular formula is C21H24O7. The average Bonchev–Trinajstić information content (AvgIpc) is 3.28. The van der Waals surface area contributed by atoms with E-state index in [1.165, 1.54) is 13.4 Å². The Morgan fingerprint density at radius 2 is 2.07 bits per heavy atom. The SMILES string of the molecule is COC(=O)[C@@]1(C)CCC[C@@H]2[C@H]1C[C@@H]1OC(=O)[C@@]23C[C@@H](c2ccoc2)OC(=O)[C@@H]13. The summed E-state index contributed by atoms with van der Waals surface area (Å²) in [5.41, 5.74) is -0.874. The Morgan fingerprint density at radius 3 is 2.79 bits per heavy atom. The summed E-state index contributed by atoms with van der Waals surface area (Å²) in [6.45, 7) is 1.94. The number of carbonyl (C=O) groups excluding carboxylic acids is 3. The van der Waals surface area contributed by atoms with Gasteiger partial charge in [0.2, 0.25) is 0 Å². The third kappa shape index (κ3) is 2.07. The molecule has 2 saturated heterocycles. The molecule has 2 aliphatic carbocycles. The molecule has 0 unspecified atom stereocenters. The van der Waals surface area contributed by atoms with Crippen molar-refractivity contribution in [2.75, 3.05) is 7.11 Å². The van der Waals surface area contributed by atoms with Crippen molar-refractivity contribution in [3.05, 3.63) is 24.2 Å². The van der Waals surface area contributed by atoms with Crippen LogP contribution in [-0.4, -0.2) is 31.1 Å². The number of methoxy groups -OCH3 is 1. The van der Waals surface area contributed by atoms with Crippen molar-refractivity contribution in [1.82, 2.24) is 0 Å². The summed E-state index contributed by atoms with van der Waals surface area (Å²) >= 11 is 0. The lowest BCUT2D eigenvalue weighted by Crippen LogP contribution is -2.60. The molecule has 4 fully saturated rings. The van der Waals surface area contributed by atoms with Gasteiger partial charge in [-0.15, -0.1) is 0 Å². The van der Waals surface area contributed by atoms with Crippen molar-refractivity contribution in [3.63, 3.8) is 0 Å². The van der Waals surface area contributed by atoms with E-state index in [0.29, 0.717) is 12.8 Å². The van der Waals surface area contributed by atoms with Gasteiger partial charge in [0.1, 0.15) is 18.1 Å². The van der Waals surface area contributed by atoms with Crippen LogP contribution in [-0.2, 0) is 28.6 Å². The molecule has 28 heavy (non-hydrogen) atoms. The molecule has 2 aliphatic heterocycles. The summed E-state index contributed by atoms with van der Waals surface area (Å²) in [5.74, 6) is -1.69. The first kappa shape index (κ1) is 17.8. The molecule has 0 amide bonds. The molecule has 3 heterocycles.